The number of hydrogen-bond donors (Lipinski definition) is 3. The zero-order valence-electron chi connectivity index (χ0n) is 20.1. The molecule has 0 unspecified atom stereocenters. The van der Waals surface area contributed by atoms with Crippen molar-refractivity contribution >= 4 is 23.6 Å². The van der Waals surface area contributed by atoms with Crippen LogP contribution in [0, 0.1) is 5.41 Å². The molecule has 0 aliphatic rings. The number of carbonyl (C=O) groups is 3. The molecule has 0 fully saturated rings. The quantitative estimate of drug-likeness (QED) is 0.347. The molecule has 0 saturated heterocycles. The lowest BCUT2D eigenvalue weighted by atomic mass is 9.66. The van der Waals surface area contributed by atoms with Gasteiger partial charge in [-0.25, -0.2) is 4.79 Å². The maximum absolute atomic E-state index is 13.9. The van der Waals surface area contributed by atoms with Crippen molar-refractivity contribution in [1.82, 2.24) is 30.7 Å². The predicted molar refractivity (Wildman–Crippen MR) is 125 cm³/mol. The number of carbonyl (C=O) groups excluding carboxylic acids is 3. The second-order valence-electron chi connectivity index (χ2n) is 8.55. The van der Waals surface area contributed by atoms with Gasteiger partial charge in [0, 0.05) is 29.4 Å². The van der Waals surface area contributed by atoms with E-state index in [1.165, 1.54) is 12.3 Å². The average Bonchev–Trinajstić information content (AvgIpc) is 3.54. The maximum Gasteiger partial charge on any atom is 0.408 e. The Kier molecular flexibility index (Phi) is 7.94. The lowest BCUT2D eigenvalue weighted by Crippen LogP contribution is -2.63. The van der Waals surface area contributed by atoms with Crippen LogP contribution in [0.1, 0.15) is 52.8 Å². The molecule has 0 aliphatic carbocycles. The van der Waals surface area contributed by atoms with Crippen LogP contribution in [0.3, 0.4) is 0 Å². The van der Waals surface area contributed by atoms with Crippen molar-refractivity contribution in [3.8, 4) is 11.5 Å². The van der Waals surface area contributed by atoms with Gasteiger partial charge in [-0.2, -0.15) is 5.10 Å². The third-order valence-corrected chi connectivity index (χ3v) is 5.59. The predicted octanol–water partition coefficient (Wildman–Crippen LogP) is 3.22. The smallest absolute Gasteiger partial charge is 0.408 e. The SMILES string of the molecule is CCCOC(=O)N[C@](C(=O)C(=O)Nc1ccn[nH]1)(c1nnc(-c2ccncc2)o1)C(C)(C)CCC. The molecule has 0 aromatic carbocycles. The molecule has 0 radical (unpaired) electrons. The largest absolute Gasteiger partial charge is 0.450 e. The summed E-state index contributed by atoms with van der Waals surface area (Å²) in [5, 5.41) is 19.6. The summed E-state index contributed by atoms with van der Waals surface area (Å²) in [6, 6.07) is 4.80. The molecular formula is C23H29N7O5. The Morgan fingerprint density at radius 1 is 1.06 bits per heavy atom. The van der Waals surface area contributed by atoms with Gasteiger partial charge in [-0.1, -0.05) is 34.1 Å². The van der Waals surface area contributed by atoms with Crippen molar-refractivity contribution in [2.75, 3.05) is 11.9 Å². The van der Waals surface area contributed by atoms with Gasteiger partial charge in [0.1, 0.15) is 5.82 Å². The molecule has 12 nitrogen and oxygen atoms in total. The number of nitrogens with one attached hydrogen (secondary N) is 3. The van der Waals surface area contributed by atoms with Gasteiger partial charge in [-0.15, -0.1) is 10.2 Å². The number of amides is 2. The van der Waals surface area contributed by atoms with Crippen molar-refractivity contribution in [3.05, 3.63) is 42.7 Å². The number of rotatable bonds is 11. The lowest BCUT2D eigenvalue weighted by Gasteiger charge is -2.42. The summed E-state index contributed by atoms with van der Waals surface area (Å²) in [5.41, 5.74) is -2.52. The molecule has 1 atom stereocenters. The summed E-state index contributed by atoms with van der Waals surface area (Å²) in [5.74, 6) is -1.92. The van der Waals surface area contributed by atoms with E-state index in [0.717, 1.165) is 0 Å². The Labute approximate surface area is 202 Å². The minimum Gasteiger partial charge on any atom is -0.450 e. The fraction of sp³-hybridized carbons (Fsp3) is 0.435. The van der Waals surface area contributed by atoms with Crippen LogP contribution in [0.25, 0.3) is 11.5 Å². The summed E-state index contributed by atoms with van der Waals surface area (Å²) in [4.78, 5) is 43.9. The molecule has 12 heteroatoms. The van der Waals surface area contributed by atoms with Gasteiger partial charge in [0.15, 0.2) is 5.54 Å². The second-order valence-corrected chi connectivity index (χ2v) is 8.55. The molecule has 0 spiro atoms. The van der Waals surface area contributed by atoms with Crippen molar-refractivity contribution in [1.29, 1.82) is 0 Å². The van der Waals surface area contributed by atoms with E-state index in [-0.39, 0.29) is 24.2 Å². The Morgan fingerprint density at radius 3 is 2.43 bits per heavy atom. The van der Waals surface area contributed by atoms with Crippen molar-refractivity contribution < 1.29 is 23.5 Å². The summed E-state index contributed by atoms with van der Waals surface area (Å²) >= 11 is 0. The number of hydrogen-bond acceptors (Lipinski definition) is 9. The van der Waals surface area contributed by atoms with E-state index in [1.807, 2.05) is 13.8 Å². The molecule has 0 bridgehead atoms. The number of nitrogens with zero attached hydrogens (tertiary/aromatic N) is 4. The molecule has 35 heavy (non-hydrogen) atoms. The van der Waals surface area contributed by atoms with Crippen LogP contribution in [0.4, 0.5) is 10.6 Å². The van der Waals surface area contributed by atoms with Gasteiger partial charge in [-0.05, 0) is 25.0 Å². The zero-order valence-corrected chi connectivity index (χ0v) is 20.1. The molecule has 0 saturated carbocycles. The fourth-order valence-electron chi connectivity index (χ4n) is 3.83. The van der Waals surface area contributed by atoms with Crippen LogP contribution in [0.15, 0.2) is 41.2 Å². The van der Waals surface area contributed by atoms with Gasteiger partial charge in [0.2, 0.25) is 5.89 Å². The molecule has 3 aromatic rings. The molecule has 3 N–H and O–H groups in total. The van der Waals surface area contributed by atoms with E-state index in [9.17, 15) is 14.4 Å². The van der Waals surface area contributed by atoms with E-state index < -0.39 is 28.7 Å². The third-order valence-electron chi connectivity index (χ3n) is 5.59. The Hall–Kier alpha value is -4.09. The highest BCUT2D eigenvalue weighted by molar-refractivity contribution is 6.43. The Bertz CT molecular complexity index is 1140. The van der Waals surface area contributed by atoms with Crippen LogP contribution < -0.4 is 10.6 Å². The maximum atomic E-state index is 13.9. The topological polar surface area (TPSA) is 165 Å². The van der Waals surface area contributed by atoms with E-state index in [1.54, 1.807) is 38.4 Å². The van der Waals surface area contributed by atoms with Gasteiger partial charge in [0.25, 0.3) is 17.6 Å². The number of aromatic nitrogens is 5. The molecule has 0 aliphatic heterocycles. The average molecular weight is 484 g/mol. The molecule has 3 rings (SSSR count). The van der Waals surface area contributed by atoms with E-state index >= 15 is 0 Å². The first kappa shape index (κ1) is 25.5. The molecule has 2 amide bonds. The van der Waals surface area contributed by atoms with E-state index in [4.69, 9.17) is 9.15 Å². The zero-order chi connectivity index (χ0) is 25.5. The fourth-order valence-corrected chi connectivity index (χ4v) is 3.83. The first-order valence-electron chi connectivity index (χ1n) is 11.3. The van der Waals surface area contributed by atoms with Gasteiger partial charge in [-0.3, -0.25) is 25.0 Å². The highest BCUT2D eigenvalue weighted by Gasteiger charge is 2.59. The number of aromatic amines is 1. The first-order chi connectivity index (χ1) is 16.7. The van der Waals surface area contributed by atoms with Gasteiger partial charge < -0.3 is 14.5 Å². The highest BCUT2D eigenvalue weighted by Crippen LogP contribution is 2.44. The lowest BCUT2D eigenvalue weighted by molar-refractivity contribution is -0.144. The summed E-state index contributed by atoms with van der Waals surface area (Å²) in [6.45, 7) is 7.37. The summed E-state index contributed by atoms with van der Waals surface area (Å²) in [6.07, 6.45) is 5.28. The number of ketones is 1. The molecule has 3 aromatic heterocycles. The highest BCUT2D eigenvalue weighted by atomic mass is 16.5. The first-order valence-corrected chi connectivity index (χ1v) is 11.3. The number of pyridine rings is 1. The van der Waals surface area contributed by atoms with Crippen molar-refractivity contribution in [3.63, 3.8) is 0 Å². The van der Waals surface area contributed by atoms with Crippen LogP contribution in [-0.2, 0) is 19.9 Å². The minimum atomic E-state index is -2.03. The summed E-state index contributed by atoms with van der Waals surface area (Å²) < 4.78 is 11.2. The Balaban J connectivity index is 2.15. The number of Topliss-reactive ketones (excluding diaryl/α,β-unsaturated/α-hetero) is 1. The molecular weight excluding hydrogens is 454 g/mol. The van der Waals surface area contributed by atoms with Gasteiger partial charge >= 0.3 is 6.09 Å². The van der Waals surface area contributed by atoms with Crippen LogP contribution >= 0.6 is 0 Å². The number of anilines is 1. The van der Waals surface area contributed by atoms with Crippen LogP contribution in [-0.4, -0.2) is 49.8 Å². The monoisotopic (exact) mass is 483 g/mol. The summed E-state index contributed by atoms with van der Waals surface area (Å²) in [7, 11) is 0. The van der Waals surface area contributed by atoms with Crippen molar-refractivity contribution in [2.24, 2.45) is 5.41 Å². The van der Waals surface area contributed by atoms with Crippen LogP contribution in [0.5, 0.6) is 0 Å². The minimum absolute atomic E-state index is 0.101. The van der Waals surface area contributed by atoms with Crippen LogP contribution in [0.2, 0.25) is 0 Å². The number of H-pyrrole nitrogens is 1. The normalized spacial score (nSPS) is 13.0. The third kappa shape index (κ3) is 5.36. The number of ether oxygens (including phenoxy) is 1. The van der Waals surface area contributed by atoms with E-state index in [0.29, 0.717) is 24.8 Å². The standard InChI is InChI=1S/C23H29N7O5/c1-5-10-22(3,4)23(27-21(33)34-14-6-2,17(31)18(32)26-16-9-13-25-28-16)20-30-29-19(35-20)15-7-11-24-12-8-15/h7-9,11-13H,5-6,10,14H2,1-4H3,(H,27,33)(H2,25,26,28,32)/t23-/m1/s1. The Morgan fingerprint density at radius 2 is 1.80 bits per heavy atom. The van der Waals surface area contributed by atoms with Gasteiger partial charge in [0.05, 0.1) is 12.8 Å². The molecule has 3 heterocycles. The van der Waals surface area contributed by atoms with Crippen molar-refractivity contribution in [2.45, 2.75) is 52.5 Å². The second kappa shape index (κ2) is 10.9. The van der Waals surface area contributed by atoms with E-state index in [2.05, 4.69) is 36.0 Å². The molecule has 186 valence electrons. The number of alkyl carbamates (subject to hydrolysis) is 1.